The van der Waals surface area contributed by atoms with E-state index in [1.165, 1.54) is 19.1 Å². The number of para-hydroxylation sites is 2. The summed E-state index contributed by atoms with van der Waals surface area (Å²) in [5.74, 6) is -2.21. The molecule has 0 bridgehead atoms. The maximum atomic E-state index is 11.9. The fourth-order valence-corrected chi connectivity index (χ4v) is 3.70. The van der Waals surface area contributed by atoms with E-state index in [4.69, 9.17) is 9.47 Å². The molecule has 2 rings (SSSR count). The average molecular weight is 477 g/mol. The van der Waals surface area contributed by atoms with Gasteiger partial charge in [0.05, 0.1) is 13.2 Å². The number of carboxylic acids is 2. The summed E-state index contributed by atoms with van der Waals surface area (Å²) >= 11 is 0. The molecule has 4 N–H and O–H groups in total. The molecule has 0 amide bonds. The number of benzene rings is 2. The van der Waals surface area contributed by atoms with Crippen molar-refractivity contribution < 1.29 is 39.5 Å². The Balaban J connectivity index is 2.34. The fraction of sp³-hybridized carbons (Fsp3) is 0.417. The number of phenolic OH excluding ortho intramolecular Hbond substituents is 2. The lowest BCUT2D eigenvalue weighted by Gasteiger charge is -2.35. The van der Waals surface area contributed by atoms with Crippen LogP contribution in [0.1, 0.15) is 11.1 Å². The first kappa shape index (κ1) is 27.1. The number of carbonyl (C=O) groups is 2. The van der Waals surface area contributed by atoms with Gasteiger partial charge in [-0.25, -0.2) is 0 Å². The zero-order chi connectivity index (χ0) is 25.1. The molecule has 2 aromatic carbocycles. The van der Waals surface area contributed by atoms with Gasteiger partial charge >= 0.3 is 11.9 Å². The van der Waals surface area contributed by atoms with E-state index in [2.05, 4.69) is 0 Å². The van der Waals surface area contributed by atoms with Gasteiger partial charge < -0.3 is 29.9 Å². The molecule has 0 heterocycles. The molecule has 0 saturated heterocycles. The number of phenols is 2. The fourth-order valence-electron chi connectivity index (χ4n) is 3.70. The Labute approximate surface area is 198 Å². The summed E-state index contributed by atoms with van der Waals surface area (Å²) < 4.78 is 10.1. The van der Waals surface area contributed by atoms with Crippen LogP contribution in [0.5, 0.6) is 11.5 Å². The first-order chi connectivity index (χ1) is 16.3. The maximum absolute atomic E-state index is 11.9. The number of methoxy groups -OCH3 is 2. The van der Waals surface area contributed by atoms with Gasteiger partial charge in [0.25, 0.3) is 0 Å². The van der Waals surface area contributed by atoms with Gasteiger partial charge in [0, 0.05) is 51.5 Å². The molecule has 0 fully saturated rings. The summed E-state index contributed by atoms with van der Waals surface area (Å²) in [5.41, 5.74) is 1.28. The Morgan fingerprint density at radius 3 is 1.53 bits per heavy atom. The third-order valence-electron chi connectivity index (χ3n) is 5.47. The topological polar surface area (TPSA) is 140 Å². The molecule has 0 aromatic heterocycles. The van der Waals surface area contributed by atoms with E-state index in [1.807, 2.05) is 4.90 Å². The normalized spacial score (nSPS) is 13.2. The van der Waals surface area contributed by atoms with Gasteiger partial charge in [-0.05, 0) is 12.1 Å². The molecule has 34 heavy (non-hydrogen) atoms. The van der Waals surface area contributed by atoms with Crippen molar-refractivity contribution in [3.8, 4) is 11.5 Å². The lowest BCUT2D eigenvalue weighted by Crippen LogP contribution is -2.56. The molecule has 10 heteroatoms. The molecule has 0 saturated carbocycles. The number of nitrogens with zero attached hydrogens (tertiary/aromatic N) is 2. The van der Waals surface area contributed by atoms with Gasteiger partial charge in [-0.2, -0.15) is 0 Å². The number of hydrogen-bond acceptors (Lipinski definition) is 8. The zero-order valence-corrected chi connectivity index (χ0v) is 19.3. The largest absolute Gasteiger partial charge is 0.508 e. The molecule has 2 atom stereocenters. The standard InChI is InChI=1S/C24H32N2O8/c1-33-15-19(23(29)30)26(20(16-34-2)24(31)32)12-11-25(13-17-7-3-5-9-21(17)27)14-18-8-4-6-10-22(18)28/h3-10,19-20,27-28H,11-16H2,1-2H3,(H,29,30)(H,31,32). The molecule has 0 aliphatic carbocycles. The van der Waals surface area contributed by atoms with E-state index in [-0.39, 0.29) is 37.8 Å². The second-order valence-electron chi connectivity index (χ2n) is 7.82. The lowest BCUT2D eigenvalue weighted by molar-refractivity contribution is -0.154. The van der Waals surface area contributed by atoms with Crippen molar-refractivity contribution in [2.24, 2.45) is 0 Å². The molecule has 0 aliphatic rings. The van der Waals surface area contributed by atoms with Gasteiger partial charge in [-0.3, -0.25) is 19.4 Å². The highest BCUT2D eigenvalue weighted by molar-refractivity contribution is 5.77. The molecular formula is C24H32N2O8. The van der Waals surface area contributed by atoms with Crippen LogP contribution >= 0.6 is 0 Å². The highest BCUT2D eigenvalue weighted by Gasteiger charge is 2.35. The van der Waals surface area contributed by atoms with Crippen molar-refractivity contribution in [2.75, 3.05) is 40.5 Å². The monoisotopic (exact) mass is 476 g/mol. The van der Waals surface area contributed by atoms with Crippen LogP contribution in [0.2, 0.25) is 0 Å². The Hall–Kier alpha value is -3.18. The molecular weight excluding hydrogens is 444 g/mol. The van der Waals surface area contributed by atoms with E-state index in [9.17, 15) is 30.0 Å². The smallest absolute Gasteiger partial charge is 0.323 e. The van der Waals surface area contributed by atoms with E-state index >= 15 is 0 Å². The summed E-state index contributed by atoms with van der Waals surface area (Å²) in [6.45, 7) is 0.465. The number of hydrogen-bond donors (Lipinski definition) is 4. The molecule has 2 aromatic rings. The third-order valence-corrected chi connectivity index (χ3v) is 5.47. The highest BCUT2D eigenvalue weighted by Crippen LogP contribution is 2.22. The van der Waals surface area contributed by atoms with Crippen LogP contribution in [-0.2, 0) is 32.2 Å². The van der Waals surface area contributed by atoms with Gasteiger partial charge in [-0.15, -0.1) is 0 Å². The van der Waals surface area contributed by atoms with E-state index in [0.717, 1.165) is 0 Å². The summed E-state index contributed by atoms with van der Waals surface area (Å²) in [7, 11) is 2.70. The first-order valence-corrected chi connectivity index (χ1v) is 10.7. The first-order valence-electron chi connectivity index (χ1n) is 10.7. The Morgan fingerprint density at radius 1 is 0.765 bits per heavy atom. The number of ether oxygens (including phenoxy) is 2. The van der Waals surface area contributed by atoms with Crippen LogP contribution in [0.15, 0.2) is 48.5 Å². The zero-order valence-electron chi connectivity index (χ0n) is 19.3. The Morgan fingerprint density at radius 2 is 1.18 bits per heavy atom. The molecule has 0 aliphatic heterocycles. The van der Waals surface area contributed by atoms with Gasteiger partial charge in [0.2, 0.25) is 0 Å². The number of carboxylic acid groups (broad SMARTS) is 2. The summed E-state index contributed by atoms with van der Waals surface area (Å²) in [6, 6.07) is 11.2. The molecule has 0 radical (unpaired) electrons. The van der Waals surface area contributed by atoms with Crippen LogP contribution in [0.25, 0.3) is 0 Å². The SMILES string of the molecule is COCC(C(=O)O)N(CCN(Cc1ccccc1O)Cc1ccccc1O)C(COC)C(=O)O. The van der Waals surface area contributed by atoms with Crippen molar-refractivity contribution in [3.63, 3.8) is 0 Å². The van der Waals surface area contributed by atoms with Crippen molar-refractivity contribution in [1.82, 2.24) is 9.80 Å². The van der Waals surface area contributed by atoms with Gasteiger partial charge in [-0.1, -0.05) is 36.4 Å². The van der Waals surface area contributed by atoms with Crippen molar-refractivity contribution >= 4 is 11.9 Å². The lowest BCUT2D eigenvalue weighted by atomic mass is 10.1. The minimum Gasteiger partial charge on any atom is -0.508 e. The van der Waals surface area contributed by atoms with Crippen molar-refractivity contribution in [1.29, 1.82) is 0 Å². The van der Waals surface area contributed by atoms with Crippen LogP contribution in [-0.4, -0.2) is 94.8 Å². The van der Waals surface area contributed by atoms with Crippen LogP contribution in [0, 0.1) is 0 Å². The molecule has 10 nitrogen and oxygen atoms in total. The molecule has 186 valence electrons. The van der Waals surface area contributed by atoms with Gasteiger partial charge in [0.1, 0.15) is 23.6 Å². The third kappa shape index (κ3) is 7.70. The summed E-state index contributed by atoms with van der Waals surface area (Å²) in [4.78, 5) is 27.1. The second-order valence-corrected chi connectivity index (χ2v) is 7.82. The van der Waals surface area contributed by atoms with Gasteiger partial charge in [0.15, 0.2) is 0 Å². The average Bonchev–Trinajstić information content (AvgIpc) is 2.80. The predicted octanol–water partition coefficient (Wildman–Crippen LogP) is 1.60. The van der Waals surface area contributed by atoms with Crippen LogP contribution in [0.4, 0.5) is 0 Å². The Bertz CT molecular complexity index is 867. The number of aliphatic carboxylic acids is 2. The van der Waals surface area contributed by atoms with E-state index in [1.54, 1.807) is 48.5 Å². The predicted molar refractivity (Wildman–Crippen MR) is 124 cm³/mol. The second kappa shape index (κ2) is 13.5. The summed E-state index contributed by atoms with van der Waals surface area (Å²) in [6.07, 6.45) is 0. The minimum absolute atomic E-state index is 0.0574. The maximum Gasteiger partial charge on any atom is 0.323 e. The van der Waals surface area contributed by atoms with E-state index < -0.39 is 24.0 Å². The molecule has 2 unspecified atom stereocenters. The van der Waals surface area contributed by atoms with Crippen molar-refractivity contribution in [2.45, 2.75) is 25.2 Å². The molecule has 0 spiro atoms. The van der Waals surface area contributed by atoms with Crippen LogP contribution in [0.3, 0.4) is 0 Å². The summed E-state index contributed by atoms with van der Waals surface area (Å²) in [5, 5.41) is 40.0. The number of aromatic hydroxyl groups is 2. The quantitative estimate of drug-likeness (QED) is 0.300. The minimum atomic E-state index is -1.21. The Kier molecular flexibility index (Phi) is 10.8. The van der Waals surface area contributed by atoms with Crippen LogP contribution < -0.4 is 0 Å². The van der Waals surface area contributed by atoms with E-state index in [0.29, 0.717) is 24.2 Å². The van der Waals surface area contributed by atoms with Crippen molar-refractivity contribution in [3.05, 3.63) is 59.7 Å². The highest BCUT2D eigenvalue weighted by atomic mass is 16.5. The number of rotatable bonds is 15.